The molecule has 3 amide bonds. The summed E-state index contributed by atoms with van der Waals surface area (Å²) in [5.41, 5.74) is 1.31. The lowest BCUT2D eigenvalue weighted by atomic mass is 9.83. The van der Waals surface area contributed by atoms with Crippen LogP contribution in [0.15, 0.2) is 60.3 Å². The average Bonchev–Trinajstić information content (AvgIpc) is 3.11. The van der Waals surface area contributed by atoms with Crippen molar-refractivity contribution in [3.8, 4) is 0 Å². The molecule has 0 bridgehead atoms. The maximum atomic E-state index is 13.1. The second kappa shape index (κ2) is 7.54. The predicted octanol–water partition coefficient (Wildman–Crippen LogP) is 3.24. The number of non-ortho nitro benzene ring substituents is 1. The number of anilines is 1. The Morgan fingerprint density at radius 1 is 1.09 bits per heavy atom. The molecule has 33 heavy (non-hydrogen) atoms. The van der Waals surface area contributed by atoms with E-state index in [1.165, 1.54) is 37.3 Å². The summed E-state index contributed by atoms with van der Waals surface area (Å²) in [5.74, 6) is -0.968. The molecule has 1 atom stereocenters. The van der Waals surface area contributed by atoms with Crippen LogP contribution in [0.4, 0.5) is 16.2 Å². The Balaban J connectivity index is 1.56. The standard InChI is InChI=1S/C24H24N4O5/c1-23(2)18-7-5-6-8-19(18)26(4)20(23)13-17(29)14-27-21(30)24(3,25-22(27)31)15-9-11-16(12-10-15)28(32)33/h5-13H,14H2,1-4H3,(H,25,31)/b20-13-. The number of urea groups is 1. The Morgan fingerprint density at radius 3 is 2.33 bits per heavy atom. The second-order valence-corrected chi connectivity index (χ2v) is 8.95. The lowest BCUT2D eigenvalue weighted by Crippen LogP contribution is -2.41. The number of para-hydroxylation sites is 1. The fraction of sp³-hybridized carbons (Fsp3) is 0.292. The van der Waals surface area contributed by atoms with Crippen LogP contribution in [0.1, 0.15) is 31.9 Å². The van der Waals surface area contributed by atoms with Gasteiger partial charge >= 0.3 is 6.03 Å². The van der Waals surface area contributed by atoms with Crippen LogP contribution in [0, 0.1) is 10.1 Å². The van der Waals surface area contributed by atoms with Crippen molar-refractivity contribution in [3.05, 3.63) is 81.5 Å². The van der Waals surface area contributed by atoms with Crippen LogP contribution < -0.4 is 10.2 Å². The number of nitro groups is 1. The molecule has 2 aromatic rings. The lowest BCUT2D eigenvalue weighted by molar-refractivity contribution is -0.384. The maximum absolute atomic E-state index is 13.1. The van der Waals surface area contributed by atoms with Crippen LogP contribution >= 0.6 is 0 Å². The van der Waals surface area contributed by atoms with Gasteiger partial charge in [-0.2, -0.15) is 0 Å². The summed E-state index contributed by atoms with van der Waals surface area (Å²) in [6, 6.07) is 12.6. The van der Waals surface area contributed by atoms with Crippen LogP contribution in [0.2, 0.25) is 0 Å². The van der Waals surface area contributed by atoms with E-state index in [-0.39, 0.29) is 11.5 Å². The van der Waals surface area contributed by atoms with Gasteiger partial charge in [-0.3, -0.25) is 24.6 Å². The summed E-state index contributed by atoms with van der Waals surface area (Å²) in [6.45, 7) is 5.15. The number of amides is 3. The van der Waals surface area contributed by atoms with E-state index in [2.05, 4.69) is 5.32 Å². The molecule has 2 aromatic carbocycles. The highest BCUT2D eigenvalue weighted by molar-refractivity contribution is 6.10. The number of carbonyl (C=O) groups excluding carboxylic acids is 3. The zero-order valence-corrected chi connectivity index (χ0v) is 18.8. The summed E-state index contributed by atoms with van der Waals surface area (Å²) in [5, 5.41) is 13.5. The molecule has 0 saturated carbocycles. The molecular formula is C24H24N4O5. The Hall–Kier alpha value is -4.01. The molecule has 9 heteroatoms. The first kappa shape index (κ1) is 22.2. The van der Waals surface area contributed by atoms with Crippen LogP contribution in [0.5, 0.6) is 0 Å². The number of hydrogen-bond donors (Lipinski definition) is 1. The quantitative estimate of drug-likeness (QED) is 0.325. The number of fused-ring (bicyclic) bond motifs is 1. The molecule has 1 N–H and O–H groups in total. The van der Waals surface area contributed by atoms with Crippen molar-refractivity contribution >= 4 is 29.1 Å². The average molecular weight is 448 g/mol. The van der Waals surface area contributed by atoms with E-state index < -0.39 is 34.4 Å². The third-order valence-corrected chi connectivity index (χ3v) is 6.48. The first-order chi connectivity index (χ1) is 15.5. The lowest BCUT2D eigenvalue weighted by Gasteiger charge is -2.24. The topological polar surface area (TPSA) is 113 Å². The zero-order chi connectivity index (χ0) is 24.1. The Morgan fingerprint density at radius 2 is 1.73 bits per heavy atom. The van der Waals surface area contributed by atoms with Gasteiger partial charge in [0.05, 0.1) is 11.5 Å². The molecule has 2 heterocycles. The number of nitrogens with one attached hydrogen (secondary N) is 1. The van der Waals surface area contributed by atoms with Gasteiger partial charge in [0.1, 0.15) is 5.54 Å². The van der Waals surface area contributed by atoms with Gasteiger partial charge in [-0.25, -0.2) is 4.79 Å². The third-order valence-electron chi connectivity index (χ3n) is 6.48. The van der Waals surface area contributed by atoms with E-state index in [1.807, 2.05) is 50.1 Å². The van der Waals surface area contributed by atoms with Gasteiger partial charge in [0.25, 0.3) is 11.6 Å². The Kier molecular flexibility index (Phi) is 5.07. The molecule has 4 rings (SSSR count). The first-order valence-electron chi connectivity index (χ1n) is 10.4. The molecule has 2 aliphatic heterocycles. The number of carbonyl (C=O) groups is 3. The summed E-state index contributed by atoms with van der Waals surface area (Å²) in [6.07, 6.45) is 1.49. The molecule has 0 spiro atoms. The van der Waals surface area contributed by atoms with Crippen molar-refractivity contribution in [1.82, 2.24) is 10.2 Å². The summed E-state index contributed by atoms with van der Waals surface area (Å²) < 4.78 is 0. The molecule has 0 radical (unpaired) electrons. The highest BCUT2D eigenvalue weighted by Crippen LogP contribution is 2.46. The maximum Gasteiger partial charge on any atom is 0.325 e. The second-order valence-electron chi connectivity index (χ2n) is 8.95. The van der Waals surface area contributed by atoms with E-state index in [4.69, 9.17) is 0 Å². The summed E-state index contributed by atoms with van der Waals surface area (Å²) in [7, 11) is 1.88. The number of benzene rings is 2. The van der Waals surface area contributed by atoms with Crippen LogP contribution in [-0.4, -0.2) is 41.1 Å². The number of likely N-dealkylation sites (N-methyl/N-ethyl adjacent to an activating group) is 1. The minimum Gasteiger partial charge on any atom is -0.347 e. The van der Waals surface area contributed by atoms with Crippen molar-refractivity contribution in [2.45, 2.75) is 31.7 Å². The van der Waals surface area contributed by atoms with E-state index in [9.17, 15) is 24.5 Å². The van der Waals surface area contributed by atoms with Gasteiger partial charge in [-0.1, -0.05) is 32.0 Å². The molecule has 1 fully saturated rings. The fourth-order valence-corrected chi connectivity index (χ4v) is 4.57. The van der Waals surface area contributed by atoms with Crippen molar-refractivity contribution < 1.29 is 19.3 Å². The number of nitrogens with zero attached hydrogens (tertiary/aromatic N) is 3. The molecular weight excluding hydrogens is 424 g/mol. The SMILES string of the molecule is CN1/C(=C\C(=O)CN2C(=O)NC(C)(c3ccc([N+](=O)[O-])cc3)C2=O)C(C)(C)c2ccccc21. The van der Waals surface area contributed by atoms with Gasteiger partial charge in [0.15, 0.2) is 5.78 Å². The Bertz CT molecular complexity index is 1220. The summed E-state index contributed by atoms with van der Waals surface area (Å²) >= 11 is 0. The fourth-order valence-electron chi connectivity index (χ4n) is 4.57. The third kappa shape index (κ3) is 3.45. The van der Waals surface area contributed by atoms with Crippen LogP contribution in [-0.2, 0) is 20.5 Å². The molecule has 0 aliphatic carbocycles. The number of rotatable bonds is 5. The van der Waals surface area contributed by atoms with Crippen molar-refractivity contribution in [2.75, 3.05) is 18.5 Å². The number of imide groups is 1. The van der Waals surface area contributed by atoms with E-state index in [0.717, 1.165) is 21.8 Å². The molecule has 0 aromatic heterocycles. The van der Waals surface area contributed by atoms with Gasteiger partial charge < -0.3 is 10.2 Å². The number of hydrogen-bond acceptors (Lipinski definition) is 6. The first-order valence-corrected chi connectivity index (χ1v) is 10.4. The number of ketones is 1. The highest BCUT2D eigenvalue weighted by atomic mass is 16.6. The monoisotopic (exact) mass is 448 g/mol. The zero-order valence-electron chi connectivity index (χ0n) is 18.8. The largest absolute Gasteiger partial charge is 0.347 e. The number of allylic oxidation sites excluding steroid dienone is 1. The van der Waals surface area contributed by atoms with Crippen molar-refractivity contribution in [2.24, 2.45) is 0 Å². The van der Waals surface area contributed by atoms with E-state index in [0.29, 0.717) is 5.56 Å². The molecule has 1 saturated heterocycles. The smallest absolute Gasteiger partial charge is 0.325 e. The summed E-state index contributed by atoms with van der Waals surface area (Å²) in [4.78, 5) is 51.9. The van der Waals surface area contributed by atoms with Crippen molar-refractivity contribution in [1.29, 1.82) is 0 Å². The number of nitro benzene ring substituents is 1. The minimum absolute atomic E-state index is 0.123. The molecule has 1 unspecified atom stereocenters. The molecule has 2 aliphatic rings. The normalized spacial score (nSPS) is 22.5. The van der Waals surface area contributed by atoms with Crippen LogP contribution in [0.3, 0.4) is 0 Å². The van der Waals surface area contributed by atoms with Gasteiger partial charge in [-0.05, 0) is 36.2 Å². The molecule has 9 nitrogen and oxygen atoms in total. The minimum atomic E-state index is -1.42. The predicted molar refractivity (Wildman–Crippen MR) is 122 cm³/mol. The van der Waals surface area contributed by atoms with Gasteiger partial charge in [0, 0.05) is 42.1 Å². The molecule has 170 valence electrons. The van der Waals surface area contributed by atoms with E-state index in [1.54, 1.807) is 0 Å². The van der Waals surface area contributed by atoms with Gasteiger partial charge in [0.2, 0.25) is 0 Å². The van der Waals surface area contributed by atoms with Crippen molar-refractivity contribution in [3.63, 3.8) is 0 Å². The Labute approximate surface area is 190 Å². The highest BCUT2D eigenvalue weighted by Gasteiger charge is 2.49. The van der Waals surface area contributed by atoms with Crippen LogP contribution in [0.25, 0.3) is 0 Å². The van der Waals surface area contributed by atoms with E-state index >= 15 is 0 Å². The van der Waals surface area contributed by atoms with Gasteiger partial charge in [-0.15, -0.1) is 0 Å².